The first kappa shape index (κ1) is 18.6. The summed E-state index contributed by atoms with van der Waals surface area (Å²) in [4.78, 5) is 12.0. The van der Waals surface area contributed by atoms with Crippen LogP contribution >= 0.6 is 0 Å². The van der Waals surface area contributed by atoms with Crippen molar-refractivity contribution in [1.82, 2.24) is 0 Å². The molecule has 6 atom stereocenters. The second kappa shape index (κ2) is 6.83. The van der Waals surface area contributed by atoms with E-state index in [9.17, 15) is 4.79 Å². The molecule has 150 valence electrons. The van der Waals surface area contributed by atoms with Gasteiger partial charge < -0.3 is 4.74 Å². The van der Waals surface area contributed by atoms with E-state index in [-0.39, 0.29) is 5.41 Å². The van der Waals surface area contributed by atoms with E-state index in [1.807, 2.05) is 6.08 Å². The lowest BCUT2D eigenvalue weighted by atomic mass is 9.47. The second-order valence-corrected chi connectivity index (χ2v) is 10.4. The third-order valence-corrected chi connectivity index (χ3v) is 9.17. The predicted octanol–water partition coefficient (Wildman–Crippen LogP) is 6.10. The van der Waals surface area contributed by atoms with Crippen LogP contribution in [0.5, 0.6) is 0 Å². The highest BCUT2D eigenvalue weighted by Crippen LogP contribution is 2.65. The molecule has 1 aromatic carbocycles. The van der Waals surface area contributed by atoms with E-state index >= 15 is 0 Å². The Hall–Kier alpha value is -1.41. The Labute approximate surface area is 169 Å². The summed E-state index contributed by atoms with van der Waals surface area (Å²) in [5.41, 5.74) is 3.37. The molecule has 2 nitrogen and oxygen atoms in total. The summed E-state index contributed by atoms with van der Waals surface area (Å²) in [5, 5.41) is 0. The first-order valence-corrected chi connectivity index (χ1v) is 11.4. The van der Waals surface area contributed by atoms with Gasteiger partial charge >= 0.3 is 0 Å². The van der Waals surface area contributed by atoms with Crippen molar-refractivity contribution >= 4 is 5.78 Å². The van der Waals surface area contributed by atoms with Gasteiger partial charge in [-0.15, -0.1) is 0 Å². The Bertz CT molecular complexity index is 781. The summed E-state index contributed by atoms with van der Waals surface area (Å²) in [6.07, 6.45) is 11.8. The normalized spacial score (nSPS) is 42.4. The molecule has 0 bridgehead atoms. The van der Waals surface area contributed by atoms with Crippen LogP contribution in [0.1, 0.15) is 70.8 Å². The standard InChI is InChI=1S/C26H34O2/c1-25-14-12-20(27)16-19(25)8-9-21-22-10-11-24(26(22,2)15-13-23(21)25)28-17-18-6-4-3-5-7-18/h3-7,16,21-24H,8-15,17H2,1-2H3. The molecule has 3 saturated carbocycles. The number of ether oxygens (including phenoxy) is 1. The van der Waals surface area contributed by atoms with Gasteiger partial charge in [-0.05, 0) is 85.2 Å². The molecular weight excluding hydrogens is 344 g/mol. The van der Waals surface area contributed by atoms with Crippen molar-refractivity contribution in [2.45, 2.75) is 77.9 Å². The largest absolute Gasteiger partial charge is 0.373 e. The average Bonchev–Trinajstić information content (AvgIpc) is 3.04. The number of allylic oxidation sites excluding steroid dienone is 1. The molecule has 1 aromatic rings. The monoisotopic (exact) mass is 378 g/mol. The summed E-state index contributed by atoms with van der Waals surface area (Å²) in [6.45, 7) is 5.74. The number of carbonyl (C=O) groups excluding carboxylic acids is 1. The van der Waals surface area contributed by atoms with Crippen LogP contribution in [0.2, 0.25) is 0 Å². The number of ketones is 1. The number of rotatable bonds is 3. The maximum Gasteiger partial charge on any atom is 0.155 e. The molecule has 2 heteroatoms. The lowest BCUT2D eigenvalue weighted by molar-refractivity contribution is -0.119. The number of hydrogen-bond donors (Lipinski definition) is 0. The van der Waals surface area contributed by atoms with Gasteiger partial charge in [-0.25, -0.2) is 0 Å². The van der Waals surface area contributed by atoms with Crippen LogP contribution in [0.4, 0.5) is 0 Å². The Morgan fingerprint density at radius 2 is 1.79 bits per heavy atom. The van der Waals surface area contributed by atoms with Crippen LogP contribution in [0.3, 0.4) is 0 Å². The molecule has 6 unspecified atom stereocenters. The lowest BCUT2D eigenvalue weighted by Crippen LogP contribution is -2.51. The zero-order chi connectivity index (χ0) is 19.4. The molecule has 0 amide bonds. The van der Waals surface area contributed by atoms with E-state index < -0.39 is 0 Å². The first-order valence-electron chi connectivity index (χ1n) is 11.4. The molecule has 0 radical (unpaired) electrons. The SMILES string of the molecule is CC12CCC(=O)C=C1CCC1C2CCC2(C)C(OCc3ccccc3)CCC12. The molecule has 4 aliphatic rings. The van der Waals surface area contributed by atoms with Gasteiger partial charge in [-0.3, -0.25) is 4.79 Å². The van der Waals surface area contributed by atoms with Crippen molar-refractivity contribution in [3.05, 3.63) is 47.5 Å². The zero-order valence-electron chi connectivity index (χ0n) is 17.5. The van der Waals surface area contributed by atoms with Gasteiger partial charge in [0, 0.05) is 6.42 Å². The summed E-state index contributed by atoms with van der Waals surface area (Å²) in [6, 6.07) is 10.6. The van der Waals surface area contributed by atoms with Crippen LogP contribution < -0.4 is 0 Å². The van der Waals surface area contributed by atoms with E-state index in [1.165, 1.54) is 43.2 Å². The van der Waals surface area contributed by atoms with Gasteiger partial charge in [0.15, 0.2) is 5.78 Å². The molecule has 3 fully saturated rings. The van der Waals surface area contributed by atoms with Crippen LogP contribution in [0, 0.1) is 28.6 Å². The van der Waals surface area contributed by atoms with Gasteiger partial charge in [0.05, 0.1) is 12.7 Å². The summed E-state index contributed by atoms with van der Waals surface area (Å²) < 4.78 is 6.53. The second-order valence-electron chi connectivity index (χ2n) is 10.4. The van der Waals surface area contributed by atoms with Crippen molar-refractivity contribution in [1.29, 1.82) is 0 Å². The molecule has 0 N–H and O–H groups in total. The summed E-state index contributed by atoms with van der Waals surface area (Å²) >= 11 is 0. The highest BCUT2D eigenvalue weighted by atomic mass is 16.5. The topological polar surface area (TPSA) is 26.3 Å². The minimum atomic E-state index is 0.279. The van der Waals surface area contributed by atoms with Crippen molar-refractivity contribution in [2.24, 2.45) is 28.6 Å². The van der Waals surface area contributed by atoms with E-state index in [0.29, 0.717) is 17.3 Å². The van der Waals surface area contributed by atoms with Crippen LogP contribution in [-0.4, -0.2) is 11.9 Å². The molecule has 28 heavy (non-hydrogen) atoms. The number of hydrogen-bond acceptors (Lipinski definition) is 2. The van der Waals surface area contributed by atoms with E-state index in [2.05, 4.69) is 44.2 Å². The maximum absolute atomic E-state index is 12.0. The molecular formula is C26H34O2. The van der Waals surface area contributed by atoms with Crippen LogP contribution in [0.15, 0.2) is 42.0 Å². The van der Waals surface area contributed by atoms with Gasteiger partial charge in [-0.1, -0.05) is 49.8 Å². The Morgan fingerprint density at radius 3 is 2.61 bits per heavy atom. The third-order valence-electron chi connectivity index (χ3n) is 9.17. The fourth-order valence-corrected chi connectivity index (χ4v) is 7.56. The smallest absolute Gasteiger partial charge is 0.155 e. The van der Waals surface area contributed by atoms with Gasteiger partial charge in [-0.2, -0.15) is 0 Å². The van der Waals surface area contributed by atoms with Crippen LogP contribution in [-0.2, 0) is 16.1 Å². The van der Waals surface area contributed by atoms with Crippen molar-refractivity contribution < 1.29 is 9.53 Å². The summed E-state index contributed by atoms with van der Waals surface area (Å²) in [7, 11) is 0. The molecule has 0 heterocycles. The Balaban J connectivity index is 1.34. The molecule has 0 saturated heterocycles. The molecule has 0 aromatic heterocycles. The molecule has 5 rings (SSSR count). The number of carbonyl (C=O) groups is 1. The van der Waals surface area contributed by atoms with E-state index in [4.69, 9.17) is 4.74 Å². The average molecular weight is 379 g/mol. The zero-order valence-corrected chi connectivity index (χ0v) is 17.5. The quantitative estimate of drug-likeness (QED) is 0.635. The lowest BCUT2D eigenvalue weighted by Gasteiger charge is -2.58. The predicted molar refractivity (Wildman–Crippen MR) is 112 cm³/mol. The highest BCUT2D eigenvalue weighted by Gasteiger charge is 2.59. The number of benzene rings is 1. The van der Waals surface area contributed by atoms with Gasteiger partial charge in [0.1, 0.15) is 0 Å². The Kier molecular flexibility index (Phi) is 4.54. The third kappa shape index (κ3) is 2.83. The molecule has 0 aliphatic heterocycles. The van der Waals surface area contributed by atoms with Crippen molar-refractivity contribution in [3.8, 4) is 0 Å². The van der Waals surface area contributed by atoms with Crippen molar-refractivity contribution in [3.63, 3.8) is 0 Å². The van der Waals surface area contributed by atoms with Gasteiger partial charge in [0.25, 0.3) is 0 Å². The van der Waals surface area contributed by atoms with Gasteiger partial charge in [0.2, 0.25) is 0 Å². The highest BCUT2D eigenvalue weighted by molar-refractivity contribution is 5.91. The van der Waals surface area contributed by atoms with E-state index in [1.54, 1.807) is 0 Å². The Morgan fingerprint density at radius 1 is 0.964 bits per heavy atom. The minimum Gasteiger partial charge on any atom is -0.373 e. The molecule has 0 spiro atoms. The molecule has 4 aliphatic carbocycles. The summed E-state index contributed by atoms with van der Waals surface area (Å²) in [5.74, 6) is 2.75. The fraction of sp³-hybridized carbons (Fsp3) is 0.654. The van der Waals surface area contributed by atoms with Crippen molar-refractivity contribution in [2.75, 3.05) is 0 Å². The maximum atomic E-state index is 12.0. The van der Waals surface area contributed by atoms with E-state index in [0.717, 1.165) is 43.6 Å². The minimum absolute atomic E-state index is 0.279. The number of fused-ring (bicyclic) bond motifs is 5. The fourth-order valence-electron chi connectivity index (χ4n) is 7.56. The van der Waals surface area contributed by atoms with Crippen LogP contribution in [0.25, 0.3) is 0 Å². The first-order chi connectivity index (χ1) is 13.5.